The number of methoxy groups -OCH3 is 2. The van der Waals surface area contributed by atoms with Gasteiger partial charge in [0.25, 0.3) is 0 Å². The first kappa shape index (κ1) is 23.4. The standard InChI is InChI=1S/C26H25N3O4S/c1-31-21-11-8-18(9-12-21)15-24-25(30)28-26(34-24)29-27-16-20-10-13-22(23(14-20)32-2)33-17-19-6-4-3-5-7-19/h3-14,16,24H,15,17H2,1-2H3,(H,28,29,30)/b27-16+. The van der Waals surface area contributed by atoms with Gasteiger partial charge in [-0.15, -0.1) is 5.10 Å². The third kappa shape index (κ3) is 6.17. The molecule has 3 aromatic rings. The summed E-state index contributed by atoms with van der Waals surface area (Å²) in [7, 11) is 3.22. The molecule has 1 amide bonds. The number of carbonyl (C=O) groups excluding carboxylic acids is 1. The predicted octanol–water partition coefficient (Wildman–Crippen LogP) is 4.45. The fourth-order valence-electron chi connectivity index (χ4n) is 3.33. The third-order valence-corrected chi connectivity index (χ3v) is 6.21. The lowest BCUT2D eigenvalue weighted by Crippen LogP contribution is -2.25. The molecule has 1 aliphatic rings. The zero-order valence-corrected chi connectivity index (χ0v) is 19.7. The van der Waals surface area contributed by atoms with Crippen molar-refractivity contribution in [3.8, 4) is 17.2 Å². The van der Waals surface area contributed by atoms with Gasteiger partial charge in [0.2, 0.25) is 5.91 Å². The van der Waals surface area contributed by atoms with Crippen LogP contribution in [-0.4, -0.2) is 36.8 Å². The number of hydrogen-bond donors (Lipinski definition) is 1. The molecule has 0 radical (unpaired) electrons. The van der Waals surface area contributed by atoms with Crippen LogP contribution in [0.5, 0.6) is 17.2 Å². The maximum atomic E-state index is 12.3. The first-order valence-corrected chi connectivity index (χ1v) is 11.6. The van der Waals surface area contributed by atoms with Crippen LogP contribution in [0.3, 0.4) is 0 Å². The van der Waals surface area contributed by atoms with Crippen LogP contribution in [-0.2, 0) is 17.8 Å². The van der Waals surface area contributed by atoms with Gasteiger partial charge in [0, 0.05) is 0 Å². The van der Waals surface area contributed by atoms with Crippen LogP contribution in [0.2, 0.25) is 0 Å². The SMILES string of the molecule is COc1ccc(CC2S/C(=N/N=C/c3ccc(OCc4ccccc4)c(OC)c3)NC2=O)cc1. The molecule has 0 aromatic heterocycles. The molecular weight excluding hydrogens is 450 g/mol. The van der Waals surface area contributed by atoms with Crippen molar-refractivity contribution < 1.29 is 19.0 Å². The second kappa shape index (κ2) is 11.4. The second-order valence-electron chi connectivity index (χ2n) is 7.48. The maximum Gasteiger partial charge on any atom is 0.239 e. The highest BCUT2D eigenvalue weighted by molar-refractivity contribution is 8.15. The van der Waals surface area contributed by atoms with Crippen LogP contribution < -0.4 is 19.5 Å². The number of thioether (sulfide) groups is 1. The molecule has 0 saturated carbocycles. The highest BCUT2D eigenvalue weighted by atomic mass is 32.2. The van der Waals surface area contributed by atoms with Crippen molar-refractivity contribution in [3.05, 3.63) is 89.5 Å². The minimum atomic E-state index is -0.247. The van der Waals surface area contributed by atoms with Crippen molar-refractivity contribution in [2.24, 2.45) is 10.2 Å². The Morgan fingerprint density at radius 2 is 1.74 bits per heavy atom. The quantitative estimate of drug-likeness (QED) is 0.365. The van der Waals surface area contributed by atoms with Crippen LogP contribution in [0.4, 0.5) is 0 Å². The molecule has 1 saturated heterocycles. The fraction of sp³-hybridized carbons (Fsp3) is 0.192. The van der Waals surface area contributed by atoms with Gasteiger partial charge in [0.05, 0.1) is 25.7 Å². The predicted molar refractivity (Wildman–Crippen MR) is 135 cm³/mol. The molecular formula is C26H25N3O4S. The van der Waals surface area contributed by atoms with E-state index in [-0.39, 0.29) is 11.2 Å². The van der Waals surface area contributed by atoms with Crippen LogP contribution in [0.15, 0.2) is 83.0 Å². The minimum Gasteiger partial charge on any atom is -0.497 e. The van der Waals surface area contributed by atoms with E-state index in [9.17, 15) is 4.79 Å². The number of rotatable bonds is 9. The summed E-state index contributed by atoms with van der Waals surface area (Å²) in [6.45, 7) is 0.451. The van der Waals surface area contributed by atoms with Crippen molar-refractivity contribution in [1.82, 2.24) is 5.32 Å². The average Bonchev–Trinajstić information content (AvgIpc) is 3.22. The zero-order chi connectivity index (χ0) is 23.8. The molecule has 0 bridgehead atoms. The molecule has 8 heteroatoms. The Kier molecular flexibility index (Phi) is 7.83. The molecule has 174 valence electrons. The van der Waals surface area contributed by atoms with E-state index in [1.165, 1.54) is 11.8 Å². The summed E-state index contributed by atoms with van der Waals surface area (Å²) in [6, 6.07) is 23.2. The number of carbonyl (C=O) groups is 1. The van der Waals surface area contributed by atoms with Crippen LogP contribution in [0.1, 0.15) is 16.7 Å². The van der Waals surface area contributed by atoms with Gasteiger partial charge in [0.1, 0.15) is 12.4 Å². The molecule has 1 aliphatic heterocycles. The number of amides is 1. The summed E-state index contributed by atoms with van der Waals surface area (Å²) in [5.41, 5.74) is 2.93. The van der Waals surface area contributed by atoms with Gasteiger partial charge >= 0.3 is 0 Å². The Morgan fingerprint density at radius 3 is 2.47 bits per heavy atom. The Hall–Kier alpha value is -3.78. The van der Waals surface area contributed by atoms with E-state index in [2.05, 4.69) is 15.5 Å². The monoisotopic (exact) mass is 475 g/mol. The molecule has 1 atom stereocenters. The molecule has 34 heavy (non-hydrogen) atoms. The van der Waals surface area contributed by atoms with Crippen molar-refractivity contribution in [2.75, 3.05) is 14.2 Å². The Labute approximate surface area is 202 Å². The number of ether oxygens (including phenoxy) is 3. The van der Waals surface area contributed by atoms with Gasteiger partial charge in [0.15, 0.2) is 16.7 Å². The average molecular weight is 476 g/mol. The first-order valence-electron chi connectivity index (χ1n) is 10.7. The molecule has 0 spiro atoms. The van der Waals surface area contributed by atoms with Gasteiger partial charge < -0.3 is 19.5 Å². The largest absolute Gasteiger partial charge is 0.497 e. The minimum absolute atomic E-state index is 0.0728. The topological polar surface area (TPSA) is 81.5 Å². The second-order valence-corrected chi connectivity index (χ2v) is 8.67. The lowest BCUT2D eigenvalue weighted by molar-refractivity contribution is -0.118. The van der Waals surface area contributed by atoms with E-state index >= 15 is 0 Å². The summed E-state index contributed by atoms with van der Waals surface area (Å²) in [4.78, 5) is 12.3. The fourth-order valence-corrected chi connectivity index (χ4v) is 4.29. The van der Waals surface area contributed by atoms with Gasteiger partial charge in [-0.1, -0.05) is 54.2 Å². The van der Waals surface area contributed by atoms with E-state index in [1.807, 2.05) is 72.8 Å². The lowest BCUT2D eigenvalue weighted by Gasteiger charge is -2.11. The maximum absolute atomic E-state index is 12.3. The molecule has 4 rings (SSSR count). The molecule has 7 nitrogen and oxygen atoms in total. The van der Waals surface area contributed by atoms with E-state index in [4.69, 9.17) is 14.2 Å². The Morgan fingerprint density at radius 1 is 0.941 bits per heavy atom. The smallest absolute Gasteiger partial charge is 0.239 e. The number of benzene rings is 3. The first-order chi connectivity index (χ1) is 16.6. The highest BCUT2D eigenvalue weighted by Gasteiger charge is 2.30. The summed E-state index contributed by atoms with van der Waals surface area (Å²) in [5.74, 6) is 1.97. The van der Waals surface area contributed by atoms with Crippen molar-refractivity contribution in [1.29, 1.82) is 0 Å². The number of hydrogen-bond acceptors (Lipinski definition) is 7. The summed E-state index contributed by atoms with van der Waals surface area (Å²) < 4.78 is 16.5. The third-order valence-electron chi connectivity index (χ3n) is 5.14. The molecule has 1 unspecified atom stereocenters. The van der Waals surface area contributed by atoms with Crippen molar-refractivity contribution in [2.45, 2.75) is 18.3 Å². The summed E-state index contributed by atoms with van der Waals surface area (Å²) in [6.07, 6.45) is 2.21. The van der Waals surface area contributed by atoms with Crippen LogP contribution in [0, 0.1) is 0 Å². The molecule has 1 heterocycles. The van der Waals surface area contributed by atoms with Gasteiger partial charge in [-0.25, -0.2) is 0 Å². The highest BCUT2D eigenvalue weighted by Crippen LogP contribution is 2.28. The van der Waals surface area contributed by atoms with Crippen LogP contribution >= 0.6 is 11.8 Å². The van der Waals surface area contributed by atoms with E-state index < -0.39 is 0 Å². The van der Waals surface area contributed by atoms with E-state index in [0.717, 1.165) is 22.4 Å². The Balaban J connectivity index is 1.35. The van der Waals surface area contributed by atoms with E-state index in [1.54, 1.807) is 20.4 Å². The molecule has 1 fully saturated rings. The molecule has 1 N–H and O–H groups in total. The zero-order valence-electron chi connectivity index (χ0n) is 18.9. The Bertz CT molecular complexity index is 1180. The van der Waals surface area contributed by atoms with Gasteiger partial charge in [-0.05, 0) is 53.4 Å². The van der Waals surface area contributed by atoms with Crippen molar-refractivity contribution >= 4 is 29.1 Å². The van der Waals surface area contributed by atoms with Gasteiger partial charge in [-0.2, -0.15) is 5.10 Å². The summed E-state index contributed by atoms with van der Waals surface area (Å²) >= 11 is 1.37. The number of nitrogens with one attached hydrogen (secondary N) is 1. The lowest BCUT2D eigenvalue weighted by atomic mass is 10.1. The molecule has 0 aliphatic carbocycles. The van der Waals surface area contributed by atoms with Crippen LogP contribution in [0.25, 0.3) is 0 Å². The number of nitrogens with zero attached hydrogens (tertiary/aromatic N) is 2. The van der Waals surface area contributed by atoms with Crippen molar-refractivity contribution in [3.63, 3.8) is 0 Å². The number of amidine groups is 1. The van der Waals surface area contributed by atoms with E-state index in [0.29, 0.717) is 29.7 Å². The summed E-state index contributed by atoms with van der Waals surface area (Å²) in [5, 5.41) is 11.3. The normalized spacial score (nSPS) is 16.6. The molecule has 3 aromatic carbocycles. The van der Waals surface area contributed by atoms with Gasteiger partial charge in [-0.3, -0.25) is 4.79 Å².